The number of aryl methyl sites for hydroxylation is 8. The SMILES string of the molecule is Cc1c(C(C)(C)C)cc(C2CCC(F)(F)CC2)c2ccccc12.Cc1c(C(C)(C)C)sc2c(C)cccc12.Cc1ccc(C)c2c(C)c(C(C)(C)C)sc12.Cc1cccc2sc(C(C)(C)C)c(C)c12. The molecule has 0 unspecified atom stereocenters. The highest BCUT2D eigenvalue weighted by molar-refractivity contribution is 7.20. The molecule has 0 N–H and O–H groups in total. The first kappa shape index (κ1) is 54.4. The highest BCUT2D eigenvalue weighted by atomic mass is 32.1. The van der Waals surface area contributed by atoms with Gasteiger partial charge in [0.15, 0.2) is 0 Å². The summed E-state index contributed by atoms with van der Waals surface area (Å²) in [4.78, 5) is 4.57. The molecule has 69 heavy (non-hydrogen) atoms. The molecule has 0 atom stereocenters. The highest BCUT2D eigenvalue weighted by Crippen LogP contribution is 2.46. The summed E-state index contributed by atoms with van der Waals surface area (Å²) in [5, 5.41) is 6.90. The van der Waals surface area contributed by atoms with Crippen LogP contribution in [0.2, 0.25) is 0 Å². The number of alkyl halides is 2. The van der Waals surface area contributed by atoms with E-state index in [1.54, 1.807) is 0 Å². The summed E-state index contributed by atoms with van der Waals surface area (Å²) in [5.74, 6) is -2.22. The van der Waals surface area contributed by atoms with Gasteiger partial charge in [0.05, 0.1) is 0 Å². The fourth-order valence-electron chi connectivity index (χ4n) is 10.7. The van der Waals surface area contributed by atoms with Crippen LogP contribution in [0.4, 0.5) is 8.78 Å². The monoisotopic (exact) mass is 985 g/mol. The lowest BCUT2D eigenvalue weighted by molar-refractivity contribution is -0.0381. The second kappa shape index (κ2) is 20.3. The number of benzene rings is 5. The maximum absolute atomic E-state index is 13.5. The van der Waals surface area contributed by atoms with Crippen molar-refractivity contribution in [2.24, 2.45) is 0 Å². The van der Waals surface area contributed by atoms with Crippen LogP contribution in [-0.4, -0.2) is 5.92 Å². The molecule has 3 aromatic heterocycles. The third kappa shape index (κ3) is 11.9. The molecule has 0 bridgehead atoms. The zero-order valence-electron chi connectivity index (χ0n) is 45.9. The molecular formula is C64H82F2S3. The topological polar surface area (TPSA) is 0 Å². The van der Waals surface area contributed by atoms with E-state index in [4.69, 9.17) is 0 Å². The summed E-state index contributed by atoms with van der Waals surface area (Å²) in [7, 11) is 0. The number of halogens is 2. The van der Waals surface area contributed by atoms with Crippen molar-refractivity contribution in [3.8, 4) is 0 Å². The standard InChI is InChI=1S/C21H26F2.C15H20S.2C14H18S/c1-14-16-7-5-6-8-17(16)18(13-19(14)20(2,3)4)15-9-11-21(22,23)12-10-15;1-9-7-8-10(2)13-12(9)11(3)14(16-13)15(4,5)6;1-9-7-6-8-11-12(9)10(2)13(15-11)14(3,4)5;1-9-7-6-8-11-10(2)13(14(3,4)5)15-12(9)11/h5-8,13,15H,9-12H2,1-4H3;7-8H,1-6H3;2*6-8H,1-5H3. The Bertz CT molecular complexity index is 3080. The molecule has 0 amide bonds. The molecule has 0 aliphatic heterocycles. The third-order valence-corrected chi connectivity index (χ3v) is 19.6. The molecule has 370 valence electrons. The Morgan fingerprint density at radius 2 is 0.884 bits per heavy atom. The maximum Gasteiger partial charge on any atom is 0.248 e. The first-order valence-electron chi connectivity index (χ1n) is 25.2. The first-order valence-corrected chi connectivity index (χ1v) is 27.7. The average molecular weight is 986 g/mol. The Labute approximate surface area is 428 Å². The lowest BCUT2D eigenvalue weighted by Crippen LogP contribution is -2.24. The van der Waals surface area contributed by atoms with Gasteiger partial charge in [-0.3, -0.25) is 0 Å². The minimum Gasteiger partial charge on any atom is -0.207 e. The van der Waals surface area contributed by atoms with Gasteiger partial charge < -0.3 is 0 Å². The number of hydrogen-bond donors (Lipinski definition) is 0. The molecule has 0 radical (unpaired) electrons. The van der Waals surface area contributed by atoms with Crippen molar-refractivity contribution in [2.75, 3.05) is 0 Å². The van der Waals surface area contributed by atoms with Crippen molar-refractivity contribution in [3.63, 3.8) is 0 Å². The van der Waals surface area contributed by atoms with Gasteiger partial charge in [0.25, 0.3) is 0 Å². The van der Waals surface area contributed by atoms with Crippen LogP contribution in [0.25, 0.3) is 41.0 Å². The minimum atomic E-state index is -2.47. The molecular weight excluding hydrogens is 903 g/mol. The number of thiophene rings is 3. The molecule has 5 heteroatoms. The third-order valence-electron chi connectivity index (χ3n) is 14.2. The normalized spacial score (nSPS) is 14.6. The van der Waals surface area contributed by atoms with E-state index in [0.29, 0.717) is 12.8 Å². The lowest BCUT2D eigenvalue weighted by atomic mass is 9.75. The van der Waals surface area contributed by atoms with Gasteiger partial charge in [-0.25, -0.2) is 8.78 Å². The Hall–Kier alpha value is -3.90. The second-order valence-electron chi connectivity index (χ2n) is 24.3. The molecule has 1 aliphatic rings. The average Bonchev–Trinajstić information content (AvgIpc) is 3.92. The van der Waals surface area contributed by atoms with Crippen LogP contribution < -0.4 is 0 Å². The second-order valence-corrected chi connectivity index (χ2v) is 27.4. The quantitative estimate of drug-likeness (QED) is 0.154. The van der Waals surface area contributed by atoms with Crippen molar-refractivity contribution in [3.05, 3.63) is 149 Å². The fourth-order valence-corrected chi connectivity index (χ4v) is 14.8. The molecule has 0 saturated heterocycles. The molecule has 3 heterocycles. The minimum absolute atomic E-state index is 0.0186. The van der Waals surface area contributed by atoms with Gasteiger partial charge in [-0.1, -0.05) is 156 Å². The molecule has 0 spiro atoms. The van der Waals surface area contributed by atoms with E-state index in [0.717, 1.165) is 0 Å². The molecule has 1 fully saturated rings. The van der Waals surface area contributed by atoms with Crippen LogP contribution in [0.1, 0.15) is 185 Å². The van der Waals surface area contributed by atoms with Gasteiger partial charge >= 0.3 is 0 Å². The van der Waals surface area contributed by atoms with Crippen molar-refractivity contribution < 1.29 is 8.78 Å². The van der Waals surface area contributed by atoms with Gasteiger partial charge in [0.2, 0.25) is 5.92 Å². The number of hydrogen-bond acceptors (Lipinski definition) is 3. The van der Waals surface area contributed by atoms with E-state index in [1.807, 2.05) is 34.0 Å². The summed E-state index contributed by atoms with van der Waals surface area (Å²) in [6, 6.07) is 28.4. The number of fused-ring (bicyclic) bond motifs is 4. The highest BCUT2D eigenvalue weighted by Gasteiger charge is 2.36. The van der Waals surface area contributed by atoms with Crippen molar-refractivity contribution in [1.29, 1.82) is 0 Å². The molecule has 9 rings (SSSR count). The van der Waals surface area contributed by atoms with Gasteiger partial charge in [-0.2, -0.15) is 0 Å². The van der Waals surface area contributed by atoms with Crippen LogP contribution in [0, 0.1) is 55.4 Å². The largest absolute Gasteiger partial charge is 0.248 e. The maximum atomic E-state index is 13.5. The molecule has 1 aliphatic carbocycles. The van der Waals surface area contributed by atoms with Gasteiger partial charge in [0, 0.05) is 41.6 Å². The summed E-state index contributed by atoms with van der Waals surface area (Å²) >= 11 is 5.87. The van der Waals surface area contributed by atoms with Crippen molar-refractivity contribution in [2.45, 2.75) is 198 Å². The predicted molar refractivity (Wildman–Crippen MR) is 308 cm³/mol. The van der Waals surface area contributed by atoms with Crippen molar-refractivity contribution >= 4 is 75.0 Å². The predicted octanol–water partition coefficient (Wildman–Crippen LogP) is 21.5. The molecule has 5 aromatic carbocycles. The smallest absolute Gasteiger partial charge is 0.207 e. The number of rotatable bonds is 1. The zero-order chi connectivity index (χ0) is 51.3. The fraction of sp³-hybridized carbons (Fsp3) is 0.469. The van der Waals surface area contributed by atoms with E-state index in [1.165, 1.54) is 111 Å². The van der Waals surface area contributed by atoms with E-state index in [-0.39, 0.29) is 40.4 Å². The van der Waals surface area contributed by atoms with E-state index in [9.17, 15) is 8.78 Å². The lowest BCUT2D eigenvalue weighted by Gasteiger charge is -2.31. The summed E-state index contributed by atoms with van der Waals surface area (Å²) < 4.78 is 31.4. The first-order chi connectivity index (χ1) is 31.8. The Kier molecular flexibility index (Phi) is 16.0. The zero-order valence-corrected chi connectivity index (χ0v) is 48.3. The Balaban J connectivity index is 0.000000154. The molecule has 8 aromatic rings. The van der Waals surface area contributed by atoms with Gasteiger partial charge in [-0.15, -0.1) is 34.0 Å². The van der Waals surface area contributed by atoms with Crippen LogP contribution in [0.15, 0.2) is 78.9 Å². The van der Waals surface area contributed by atoms with Crippen LogP contribution in [0.3, 0.4) is 0 Å². The Morgan fingerprint density at radius 1 is 0.435 bits per heavy atom. The summed E-state index contributed by atoms with van der Waals surface area (Å²) in [6.07, 6.45) is 1.21. The van der Waals surface area contributed by atoms with E-state index < -0.39 is 5.92 Å². The van der Waals surface area contributed by atoms with E-state index >= 15 is 0 Å². The Morgan fingerprint density at radius 3 is 1.42 bits per heavy atom. The van der Waals surface area contributed by atoms with Gasteiger partial charge in [-0.05, 0) is 184 Å². The van der Waals surface area contributed by atoms with Crippen molar-refractivity contribution in [1.82, 2.24) is 0 Å². The molecule has 1 saturated carbocycles. The van der Waals surface area contributed by atoms with Crippen LogP contribution >= 0.6 is 34.0 Å². The summed E-state index contributed by atoms with van der Waals surface area (Å²) in [6.45, 7) is 45.1. The van der Waals surface area contributed by atoms with E-state index in [2.05, 4.69) is 217 Å². The summed E-state index contributed by atoms with van der Waals surface area (Å²) in [5.41, 5.74) is 14.8. The molecule has 0 nitrogen and oxygen atoms in total. The van der Waals surface area contributed by atoms with Crippen LogP contribution in [0.5, 0.6) is 0 Å². The van der Waals surface area contributed by atoms with Crippen LogP contribution in [-0.2, 0) is 21.7 Å². The van der Waals surface area contributed by atoms with Gasteiger partial charge in [0.1, 0.15) is 0 Å².